The Hall–Kier alpha value is 0.480. The van der Waals surface area contributed by atoms with E-state index >= 15 is 0 Å². The molecule has 0 atom stereocenters. The van der Waals surface area contributed by atoms with E-state index in [1.54, 1.807) is 0 Å². The van der Waals surface area contributed by atoms with Crippen molar-refractivity contribution in [3.05, 3.63) is 0 Å². The van der Waals surface area contributed by atoms with Gasteiger partial charge in [-0.3, -0.25) is 0 Å². The Morgan fingerprint density at radius 3 is 2.50 bits per heavy atom. The Morgan fingerprint density at radius 1 is 1.38 bits per heavy atom. The van der Waals surface area contributed by atoms with Gasteiger partial charge in [-0.1, -0.05) is 35.2 Å². The minimum absolute atomic E-state index is 1.10. The Kier molecular flexibility index (Phi) is 2.88. The van der Waals surface area contributed by atoms with Crippen molar-refractivity contribution in [1.82, 2.24) is 0 Å². The van der Waals surface area contributed by atoms with Crippen molar-refractivity contribution in [2.45, 2.75) is 32.1 Å². The van der Waals surface area contributed by atoms with Crippen LogP contribution in [0.15, 0.2) is 0 Å². The van der Waals surface area contributed by atoms with E-state index in [1.807, 2.05) is 0 Å². The topological polar surface area (TPSA) is 0 Å². The molecule has 1 aliphatic carbocycles. The Labute approximate surface area is 59.8 Å². The van der Waals surface area contributed by atoms with E-state index in [0.29, 0.717) is 0 Å². The van der Waals surface area contributed by atoms with Gasteiger partial charge in [0.25, 0.3) is 0 Å². The van der Waals surface area contributed by atoms with Crippen LogP contribution in [-0.2, 0) is 0 Å². The van der Waals surface area contributed by atoms with Gasteiger partial charge in [-0.15, -0.1) is 0 Å². The number of hydrogen-bond acceptors (Lipinski definition) is 0. The molecule has 0 unspecified atom stereocenters. The third kappa shape index (κ3) is 1.77. The third-order valence-corrected chi connectivity index (χ3v) is 2.53. The highest BCUT2D eigenvalue weighted by molar-refractivity contribution is 9.09. The van der Waals surface area contributed by atoms with Crippen molar-refractivity contribution in [3.63, 3.8) is 0 Å². The minimum atomic E-state index is 1.10. The molecule has 0 radical (unpaired) electrons. The predicted molar refractivity (Wildman–Crippen MR) is 40.4 cm³/mol. The molecule has 8 heavy (non-hydrogen) atoms. The zero-order valence-corrected chi connectivity index (χ0v) is 6.78. The number of rotatable bonds is 3. The van der Waals surface area contributed by atoms with Gasteiger partial charge in [0.05, 0.1) is 0 Å². The minimum Gasteiger partial charge on any atom is -0.0928 e. The van der Waals surface area contributed by atoms with Gasteiger partial charge in [-0.2, -0.15) is 0 Å². The molecule has 1 heteroatoms. The first kappa shape index (κ1) is 6.60. The average Bonchev–Trinajstić information content (AvgIpc) is 1.63. The van der Waals surface area contributed by atoms with Crippen LogP contribution in [0.2, 0.25) is 0 Å². The maximum atomic E-state index is 3.43. The molecular formula is C7H13Br. The lowest BCUT2D eigenvalue weighted by atomic mass is 9.82. The van der Waals surface area contributed by atoms with Crippen LogP contribution in [0, 0.1) is 5.92 Å². The molecule has 0 saturated heterocycles. The van der Waals surface area contributed by atoms with Crippen LogP contribution in [0.3, 0.4) is 0 Å². The predicted octanol–water partition coefficient (Wildman–Crippen LogP) is 2.96. The first-order valence-corrected chi connectivity index (χ1v) is 4.61. The molecule has 0 aromatic heterocycles. The van der Waals surface area contributed by atoms with Crippen LogP contribution < -0.4 is 0 Å². The van der Waals surface area contributed by atoms with Crippen LogP contribution in [0.1, 0.15) is 32.1 Å². The number of hydrogen-bond donors (Lipinski definition) is 0. The molecule has 0 amide bonds. The molecule has 0 spiro atoms. The summed E-state index contributed by atoms with van der Waals surface area (Å²) in [6, 6.07) is 0. The summed E-state index contributed by atoms with van der Waals surface area (Å²) in [6.07, 6.45) is 7.35. The number of halogens is 1. The summed E-state index contributed by atoms with van der Waals surface area (Å²) in [5, 5.41) is 1.20. The molecule has 0 nitrogen and oxygen atoms in total. The highest BCUT2D eigenvalue weighted by Crippen LogP contribution is 2.30. The summed E-state index contributed by atoms with van der Waals surface area (Å²) in [5.41, 5.74) is 0. The Morgan fingerprint density at radius 2 is 2.12 bits per heavy atom. The van der Waals surface area contributed by atoms with Crippen molar-refractivity contribution in [2.24, 2.45) is 5.92 Å². The molecule has 48 valence electrons. The Balaban J connectivity index is 1.86. The smallest absolute Gasteiger partial charge is 0.00314 e. The highest BCUT2D eigenvalue weighted by Gasteiger charge is 2.15. The lowest BCUT2D eigenvalue weighted by molar-refractivity contribution is 0.295. The van der Waals surface area contributed by atoms with Crippen molar-refractivity contribution in [2.75, 3.05) is 5.33 Å². The van der Waals surface area contributed by atoms with Gasteiger partial charge >= 0.3 is 0 Å². The van der Waals surface area contributed by atoms with Gasteiger partial charge in [0.2, 0.25) is 0 Å². The molecule has 0 bridgehead atoms. The molecule has 1 saturated carbocycles. The SMILES string of the molecule is BrCCCC1CCC1. The highest BCUT2D eigenvalue weighted by atomic mass is 79.9. The first-order chi connectivity index (χ1) is 3.93. The lowest BCUT2D eigenvalue weighted by Gasteiger charge is -2.24. The van der Waals surface area contributed by atoms with Crippen LogP contribution in [0.5, 0.6) is 0 Å². The van der Waals surface area contributed by atoms with E-state index in [9.17, 15) is 0 Å². The van der Waals surface area contributed by atoms with Gasteiger partial charge in [0.15, 0.2) is 0 Å². The quantitative estimate of drug-likeness (QED) is 0.581. The molecule has 0 aromatic carbocycles. The summed E-state index contributed by atoms with van der Waals surface area (Å²) in [6.45, 7) is 0. The zero-order valence-electron chi connectivity index (χ0n) is 5.20. The molecule has 0 aromatic rings. The van der Waals surface area contributed by atoms with E-state index in [1.165, 1.54) is 37.4 Å². The maximum absolute atomic E-state index is 3.43. The summed E-state index contributed by atoms with van der Waals surface area (Å²) < 4.78 is 0. The number of alkyl halides is 1. The van der Waals surface area contributed by atoms with Gasteiger partial charge in [-0.25, -0.2) is 0 Å². The fourth-order valence-corrected chi connectivity index (χ4v) is 1.47. The lowest BCUT2D eigenvalue weighted by Crippen LogP contribution is -2.10. The van der Waals surface area contributed by atoms with Gasteiger partial charge < -0.3 is 0 Å². The second kappa shape index (κ2) is 3.49. The van der Waals surface area contributed by atoms with Crippen LogP contribution in [-0.4, -0.2) is 5.33 Å². The maximum Gasteiger partial charge on any atom is 0.00314 e. The van der Waals surface area contributed by atoms with E-state index in [2.05, 4.69) is 15.9 Å². The molecule has 0 heterocycles. The fourth-order valence-electron chi connectivity index (χ4n) is 1.15. The standard InChI is InChI=1S/C7H13Br/c8-6-2-5-7-3-1-4-7/h7H,1-6H2. The molecule has 0 N–H and O–H groups in total. The van der Waals surface area contributed by atoms with Crippen molar-refractivity contribution in [3.8, 4) is 0 Å². The van der Waals surface area contributed by atoms with E-state index in [-0.39, 0.29) is 0 Å². The molecule has 1 aliphatic rings. The summed E-state index contributed by atoms with van der Waals surface area (Å²) in [4.78, 5) is 0. The zero-order chi connectivity index (χ0) is 5.82. The van der Waals surface area contributed by atoms with Crippen LogP contribution in [0.25, 0.3) is 0 Å². The average molecular weight is 177 g/mol. The van der Waals surface area contributed by atoms with Gasteiger partial charge in [-0.05, 0) is 18.8 Å². The Bertz CT molecular complexity index is 57.4. The summed E-state index contributed by atoms with van der Waals surface area (Å²) in [5.74, 6) is 1.10. The van der Waals surface area contributed by atoms with Crippen LogP contribution in [0.4, 0.5) is 0 Å². The molecule has 1 fully saturated rings. The summed E-state index contributed by atoms with van der Waals surface area (Å²) >= 11 is 3.43. The second-order valence-corrected chi connectivity index (χ2v) is 3.42. The third-order valence-electron chi connectivity index (χ3n) is 1.97. The van der Waals surface area contributed by atoms with Crippen LogP contribution >= 0.6 is 15.9 Å². The molecular weight excluding hydrogens is 164 g/mol. The van der Waals surface area contributed by atoms with Gasteiger partial charge in [0.1, 0.15) is 0 Å². The summed E-state index contributed by atoms with van der Waals surface area (Å²) in [7, 11) is 0. The normalized spacial score (nSPS) is 20.6. The van der Waals surface area contributed by atoms with E-state index in [0.717, 1.165) is 5.92 Å². The van der Waals surface area contributed by atoms with Crippen molar-refractivity contribution >= 4 is 15.9 Å². The first-order valence-electron chi connectivity index (χ1n) is 3.49. The van der Waals surface area contributed by atoms with Crippen molar-refractivity contribution in [1.29, 1.82) is 0 Å². The largest absolute Gasteiger partial charge is 0.0928 e. The second-order valence-electron chi connectivity index (χ2n) is 2.63. The van der Waals surface area contributed by atoms with Crippen molar-refractivity contribution < 1.29 is 0 Å². The van der Waals surface area contributed by atoms with Gasteiger partial charge in [0, 0.05) is 5.33 Å². The fraction of sp³-hybridized carbons (Fsp3) is 1.00. The monoisotopic (exact) mass is 176 g/mol. The molecule has 0 aliphatic heterocycles. The molecule has 1 rings (SSSR count). The van der Waals surface area contributed by atoms with E-state index in [4.69, 9.17) is 0 Å². The van der Waals surface area contributed by atoms with E-state index < -0.39 is 0 Å².